The summed E-state index contributed by atoms with van der Waals surface area (Å²) >= 11 is 5.93. The minimum atomic E-state index is -0.442. The molecule has 3 aliphatic carbocycles. The fourth-order valence-corrected chi connectivity index (χ4v) is 4.23. The van der Waals surface area contributed by atoms with Crippen molar-refractivity contribution < 1.29 is 5.11 Å². The molecule has 4 nitrogen and oxygen atoms in total. The zero-order chi connectivity index (χ0) is 13.3. The summed E-state index contributed by atoms with van der Waals surface area (Å²) in [6.07, 6.45) is 6.95. The lowest BCUT2D eigenvalue weighted by atomic mass is 9.56. The van der Waals surface area contributed by atoms with Gasteiger partial charge in [0.15, 0.2) is 10.8 Å². The molecule has 0 saturated heterocycles. The SMILES string of the molecule is Cc1cn(C23CCCC(O)(C2)C3)c2nnc(Cl)cc12. The number of fused-ring (bicyclic) bond motifs is 3. The van der Waals surface area contributed by atoms with Gasteiger partial charge in [-0.3, -0.25) is 0 Å². The zero-order valence-electron chi connectivity index (χ0n) is 10.9. The van der Waals surface area contributed by atoms with Crippen LogP contribution in [0.2, 0.25) is 5.15 Å². The highest BCUT2D eigenvalue weighted by Crippen LogP contribution is 2.57. The van der Waals surface area contributed by atoms with Crippen molar-refractivity contribution in [3.8, 4) is 0 Å². The molecule has 2 bridgehead atoms. The third kappa shape index (κ3) is 1.50. The largest absolute Gasteiger partial charge is 0.390 e. The number of aromatic nitrogens is 3. The number of aliphatic hydroxyl groups is 1. The van der Waals surface area contributed by atoms with Gasteiger partial charge in [0.1, 0.15) is 0 Å². The lowest BCUT2D eigenvalue weighted by molar-refractivity contribution is -0.154. The maximum Gasteiger partial charge on any atom is 0.163 e. The maximum atomic E-state index is 10.3. The molecular formula is C14H16ClN3O. The Hall–Kier alpha value is -1.13. The van der Waals surface area contributed by atoms with E-state index < -0.39 is 5.60 Å². The first-order valence-corrected chi connectivity index (χ1v) is 7.13. The third-order valence-electron chi connectivity index (χ3n) is 4.83. The van der Waals surface area contributed by atoms with E-state index in [2.05, 4.69) is 27.9 Å². The van der Waals surface area contributed by atoms with Crippen LogP contribution in [0.4, 0.5) is 0 Å². The summed E-state index contributed by atoms with van der Waals surface area (Å²) in [5.74, 6) is 0. The topological polar surface area (TPSA) is 50.9 Å². The van der Waals surface area contributed by atoms with Crippen LogP contribution in [0.15, 0.2) is 12.3 Å². The van der Waals surface area contributed by atoms with Crippen LogP contribution < -0.4 is 0 Å². The van der Waals surface area contributed by atoms with E-state index in [-0.39, 0.29) is 5.54 Å². The molecule has 0 unspecified atom stereocenters. The molecule has 0 radical (unpaired) electrons. The van der Waals surface area contributed by atoms with Crippen LogP contribution in [0, 0.1) is 6.92 Å². The van der Waals surface area contributed by atoms with E-state index in [0.29, 0.717) is 5.15 Å². The molecule has 5 rings (SSSR count). The second kappa shape index (κ2) is 3.49. The molecule has 0 spiro atoms. The molecule has 2 aromatic rings. The van der Waals surface area contributed by atoms with Gasteiger partial charge < -0.3 is 9.67 Å². The van der Waals surface area contributed by atoms with Crippen LogP contribution in [-0.4, -0.2) is 25.5 Å². The van der Waals surface area contributed by atoms with Gasteiger partial charge in [0, 0.05) is 11.6 Å². The average molecular weight is 278 g/mol. The molecule has 3 aliphatic rings. The van der Waals surface area contributed by atoms with E-state index >= 15 is 0 Å². The second-order valence-electron chi connectivity index (χ2n) is 6.24. The molecule has 0 atom stereocenters. The first-order valence-electron chi connectivity index (χ1n) is 6.75. The first-order chi connectivity index (χ1) is 9.01. The molecule has 100 valence electrons. The van der Waals surface area contributed by atoms with Gasteiger partial charge in [-0.25, -0.2) is 0 Å². The predicted octanol–water partition coefficient (Wildman–Crippen LogP) is 2.80. The fraction of sp³-hybridized carbons (Fsp3) is 0.571. The fourth-order valence-electron chi connectivity index (χ4n) is 4.08. The monoisotopic (exact) mass is 277 g/mol. The van der Waals surface area contributed by atoms with Gasteiger partial charge in [-0.05, 0) is 50.7 Å². The minimum Gasteiger partial charge on any atom is -0.390 e. The van der Waals surface area contributed by atoms with Gasteiger partial charge in [-0.15, -0.1) is 10.2 Å². The van der Waals surface area contributed by atoms with Gasteiger partial charge in [0.2, 0.25) is 0 Å². The van der Waals surface area contributed by atoms with Crippen LogP contribution >= 0.6 is 11.6 Å². The number of rotatable bonds is 1. The summed E-state index contributed by atoms with van der Waals surface area (Å²) < 4.78 is 2.23. The van der Waals surface area contributed by atoms with Crippen molar-refractivity contribution in [1.82, 2.24) is 14.8 Å². The zero-order valence-corrected chi connectivity index (χ0v) is 11.6. The Balaban J connectivity index is 1.88. The molecule has 3 fully saturated rings. The Labute approximate surface area is 116 Å². The average Bonchev–Trinajstić information content (AvgIpc) is 2.66. The van der Waals surface area contributed by atoms with Gasteiger partial charge in [0.25, 0.3) is 0 Å². The molecule has 5 heteroatoms. The maximum absolute atomic E-state index is 10.3. The molecule has 0 amide bonds. The highest BCUT2D eigenvalue weighted by atomic mass is 35.5. The van der Waals surface area contributed by atoms with Crippen LogP contribution in [0.25, 0.3) is 11.0 Å². The Bertz CT molecular complexity index is 673. The van der Waals surface area contributed by atoms with Gasteiger partial charge in [-0.1, -0.05) is 11.6 Å². The summed E-state index contributed by atoms with van der Waals surface area (Å²) in [5, 5.41) is 20.1. The molecule has 2 aromatic heterocycles. The predicted molar refractivity (Wildman–Crippen MR) is 73.3 cm³/mol. The van der Waals surface area contributed by atoms with Crippen molar-refractivity contribution >= 4 is 22.6 Å². The van der Waals surface area contributed by atoms with Crippen molar-refractivity contribution in [2.75, 3.05) is 0 Å². The normalized spacial score (nSPS) is 33.4. The molecule has 3 saturated carbocycles. The van der Waals surface area contributed by atoms with Crippen LogP contribution in [0.5, 0.6) is 0 Å². The standard InChI is InChI=1S/C14H16ClN3O/c1-9-6-18(12-10(9)5-11(15)16-17-12)13-3-2-4-14(19,7-13)8-13/h5-6,19H,2-4,7-8H2,1H3. The van der Waals surface area contributed by atoms with Gasteiger partial charge in [0.05, 0.1) is 11.1 Å². The Morgan fingerprint density at radius 2 is 2.11 bits per heavy atom. The quantitative estimate of drug-likeness (QED) is 0.872. The van der Waals surface area contributed by atoms with Crippen LogP contribution in [0.3, 0.4) is 0 Å². The van der Waals surface area contributed by atoms with Crippen molar-refractivity contribution in [2.24, 2.45) is 0 Å². The smallest absolute Gasteiger partial charge is 0.163 e. The van der Waals surface area contributed by atoms with Crippen LogP contribution in [0.1, 0.15) is 37.7 Å². The van der Waals surface area contributed by atoms with E-state index in [0.717, 1.165) is 43.1 Å². The van der Waals surface area contributed by atoms with Gasteiger partial charge >= 0.3 is 0 Å². The Morgan fingerprint density at radius 3 is 2.84 bits per heavy atom. The van der Waals surface area contributed by atoms with Crippen molar-refractivity contribution in [2.45, 2.75) is 50.2 Å². The highest BCUT2D eigenvalue weighted by molar-refractivity contribution is 6.29. The molecule has 19 heavy (non-hydrogen) atoms. The molecular weight excluding hydrogens is 262 g/mol. The second-order valence-corrected chi connectivity index (χ2v) is 6.63. The Morgan fingerprint density at radius 1 is 1.32 bits per heavy atom. The number of hydrogen-bond acceptors (Lipinski definition) is 3. The van der Waals surface area contributed by atoms with E-state index in [1.165, 1.54) is 5.56 Å². The van der Waals surface area contributed by atoms with E-state index in [1.807, 2.05) is 6.07 Å². The number of halogens is 1. The molecule has 0 aromatic carbocycles. The molecule has 2 heterocycles. The summed E-state index contributed by atoms with van der Waals surface area (Å²) in [5.41, 5.74) is 1.66. The molecule has 0 aliphatic heterocycles. The van der Waals surface area contributed by atoms with E-state index in [9.17, 15) is 5.11 Å². The number of nitrogens with zero attached hydrogens (tertiary/aromatic N) is 3. The van der Waals surface area contributed by atoms with Crippen LogP contribution in [-0.2, 0) is 5.54 Å². The minimum absolute atomic E-state index is 0.0437. The first kappa shape index (κ1) is 11.7. The Kier molecular flexibility index (Phi) is 2.15. The van der Waals surface area contributed by atoms with Gasteiger partial charge in [-0.2, -0.15) is 0 Å². The van der Waals surface area contributed by atoms with Crippen molar-refractivity contribution in [3.05, 3.63) is 23.0 Å². The molecule has 1 N–H and O–H groups in total. The van der Waals surface area contributed by atoms with Crippen molar-refractivity contribution in [3.63, 3.8) is 0 Å². The third-order valence-corrected chi connectivity index (χ3v) is 5.02. The summed E-state index contributed by atoms with van der Waals surface area (Å²) in [6, 6.07) is 1.88. The highest BCUT2D eigenvalue weighted by Gasteiger charge is 2.57. The lowest BCUT2D eigenvalue weighted by Gasteiger charge is -2.58. The van der Waals surface area contributed by atoms with E-state index in [1.54, 1.807) is 0 Å². The lowest BCUT2D eigenvalue weighted by Crippen LogP contribution is -2.60. The number of aryl methyl sites for hydroxylation is 1. The summed E-state index contributed by atoms with van der Waals surface area (Å²) in [4.78, 5) is 0. The van der Waals surface area contributed by atoms with Crippen molar-refractivity contribution in [1.29, 1.82) is 0 Å². The van der Waals surface area contributed by atoms with E-state index in [4.69, 9.17) is 11.6 Å². The summed E-state index contributed by atoms with van der Waals surface area (Å²) in [6.45, 7) is 2.07. The summed E-state index contributed by atoms with van der Waals surface area (Å²) in [7, 11) is 0. The number of hydrogen-bond donors (Lipinski definition) is 1.